The second-order valence-corrected chi connectivity index (χ2v) is 27.6. The SMILES string of the molecule is CCCCCCCCCCCCCCCCC(=O)OC[C@H](COP(=O)(O)OC[C@@H](O)COP(=O)(O)OC[C@@H](COC(=O)CCCCCCCCC)OC(=O)CCCCCCCCC)OC(=O)CCCCCCCCCCCCCCCCCC(C)C. The Morgan fingerprint density at radius 3 is 0.791 bits per heavy atom. The van der Waals surface area contributed by atoms with Crippen molar-refractivity contribution < 1.29 is 80.2 Å². The zero-order valence-corrected chi connectivity index (χ0v) is 57.2. The monoisotopic (exact) mass is 1270 g/mol. The number of unbranched alkanes of at least 4 members (excludes halogenated alkanes) is 39. The highest BCUT2D eigenvalue weighted by Crippen LogP contribution is 2.45. The molecule has 0 bridgehead atoms. The van der Waals surface area contributed by atoms with Crippen LogP contribution in [0, 0.1) is 5.92 Å². The summed E-state index contributed by atoms with van der Waals surface area (Å²) in [7, 11) is -9.88. The largest absolute Gasteiger partial charge is 0.472 e. The summed E-state index contributed by atoms with van der Waals surface area (Å²) in [5.41, 5.74) is 0. The van der Waals surface area contributed by atoms with Crippen LogP contribution in [-0.4, -0.2) is 96.7 Å². The van der Waals surface area contributed by atoms with Crippen LogP contribution in [0.25, 0.3) is 0 Å². The summed E-state index contributed by atoms with van der Waals surface area (Å²) in [6.45, 7) is 7.17. The van der Waals surface area contributed by atoms with Crippen molar-refractivity contribution in [1.29, 1.82) is 0 Å². The number of aliphatic hydroxyl groups excluding tert-OH is 1. The first kappa shape index (κ1) is 84.1. The van der Waals surface area contributed by atoms with E-state index in [1.54, 1.807) is 0 Å². The van der Waals surface area contributed by atoms with Crippen molar-refractivity contribution in [3.05, 3.63) is 0 Å². The lowest BCUT2D eigenvalue weighted by Crippen LogP contribution is -2.30. The number of phosphoric ester groups is 2. The molecule has 0 radical (unpaired) electrons. The molecular weight excluding hydrogens is 1140 g/mol. The van der Waals surface area contributed by atoms with Crippen LogP contribution >= 0.6 is 15.6 Å². The van der Waals surface area contributed by atoms with Gasteiger partial charge in [0.25, 0.3) is 0 Å². The van der Waals surface area contributed by atoms with Crippen LogP contribution in [0.1, 0.15) is 343 Å². The zero-order chi connectivity index (χ0) is 63.5. The van der Waals surface area contributed by atoms with Gasteiger partial charge in [-0.2, -0.15) is 0 Å². The Balaban J connectivity index is 5.15. The maximum absolute atomic E-state index is 13.0. The second-order valence-electron chi connectivity index (χ2n) is 24.7. The maximum atomic E-state index is 13.0. The van der Waals surface area contributed by atoms with Crippen molar-refractivity contribution in [2.24, 2.45) is 5.92 Å². The third kappa shape index (κ3) is 60.9. The van der Waals surface area contributed by atoms with E-state index in [4.69, 9.17) is 37.0 Å². The van der Waals surface area contributed by atoms with Crippen LogP contribution < -0.4 is 0 Å². The minimum Gasteiger partial charge on any atom is -0.462 e. The average molecular weight is 1270 g/mol. The molecule has 0 rings (SSSR count). The molecule has 19 heteroatoms. The molecule has 510 valence electrons. The number of carbonyl (C=O) groups excluding carboxylic acids is 4. The van der Waals surface area contributed by atoms with Gasteiger partial charge in [-0.15, -0.1) is 0 Å². The summed E-state index contributed by atoms with van der Waals surface area (Å²) in [6, 6.07) is 0. The van der Waals surface area contributed by atoms with E-state index in [2.05, 4.69) is 34.6 Å². The Morgan fingerprint density at radius 2 is 0.535 bits per heavy atom. The van der Waals surface area contributed by atoms with Crippen molar-refractivity contribution in [3.63, 3.8) is 0 Å². The quantitative estimate of drug-likeness (QED) is 0.0222. The van der Waals surface area contributed by atoms with E-state index in [0.29, 0.717) is 25.7 Å². The predicted molar refractivity (Wildman–Crippen MR) is 345 cm³/mol. The van der Waals surface area contributed by atoms with Gasteiger partial charge in [0.1, 0.15) is 19.3 Å². The average Bonchev–Trinajstić information content (AvgIpc) is 3.54. The van der Waals surface area contributed by atoms with Crippen molar-refractivity contribution in [2.45, 2.75) is 361 Å². The van der Waals surface area contributed by atoms with E-state index < -0.39 is 97.5 Å². The molecule has 0 aromatic rings. The minimum absolute atomic E-state index is 0.104. The fourth-order valence-corrected chi connectivity index (χ4v) is 11.7. The summed E-state index contributed by atoms with van der Waals surface area (Å²) in [4.78, 5) is 72.1. The van der Waals surface area contributed by atoms with Gasteiger partial charge in [0.05, 0.1) is 26.4 Å². The molecule has 0 heterocycles. The molecule has 0 aromatic carbocycles. The standard InChI is InChI=1S/C67H130O17P2/c1-6-9-12-15-18-19-20-21-26-29-32-37-41-46-51-65(70)78-57-63(84-67(72)53-48-43-38-33-30-27-24-22-23-25-28-31-36-39-44-49-60(4)5)59-82-86(75,76)80-55-61(68)54-79-85(73,74)81-58-62(83-66(71)52-47-42-35-17-14-11-8-3)56-77-64(69)50-45-40-34-16-13-10-7-2/h60-63,68H,6-59H2,1-5H3,(H,73,74)(H,75,76)/t61-,62+,63+/m0/s1. The van der Waals surface area contributed by atoms with Crippen LogP contribution in [0.5, 0.6) is 0 Å². The number of rotatable bonds is 67. The molecule has 0 saturated carbocycles. The first-order valence-electron chi connectivity index (χ1n) is 35.1. The van der Waals surface area contributed by atoms with E-state index in [0.717, 1.165) is 121 Å². The normalized spacial score (nSPS) is 14.2. The highest BCUT2D eigenvalue weighted by atomic mass is 31.2. The smallest absolute Gasteiger partial charge is 0.462 e. The molecule has 2 unspecified atom stereocenters. The molecule has 0 aliphatic carbocycles. The molecule has 3 N–H and O–H groups in total. The van der Waals surface area contributed by atoms with Gasteiger partial charge in [-0.3, -0.25) is 37.3 Å². The summed E-state index contributed by atoms with van der Waals surface area (Å²) in [5, 5.41) is 10.5. The highest BCUT2D eigenvalue weighted by molar-refractivity contribution is 7.47. The fraction of sp³-hybridized carbons (Fsp3) is 0.940. The molecule has 17 nitrogen and oxygen atoms in total. The van der Waals surface area contributed by atoms with Crippen molar-refractivity contribution in [2.75, 3.05) is 39.6 Å². The predicted octanol–water partition coefficient (Wildman–Crippen LogP) is 19.0. The molecule has 86 heavy (non-hydrogen) atoms. The zero-order valence-electron chi connectivity index (χ0n) is 55.4. The lowest BCUT2D eigenvalue weighted by Gasteiger charge is -2.21. The molecule has 0 amide bonds. The first-order valence-corrected chi connectivity index (χ1v) is 38.1. The van der Waals surface area contributed by atoms with Gasteiger partial charge in [-0.05, 0) is 31.6 Å². The van der Waals surface area contributed by atoms with Crippen LogP contribution in [0.2, 0.25) is 0 Å². The minimum atomic E-state index is -4.95. The maximum Gasteiger partial charge on any atom is 0.472 e. The Labute approximate surface area is 524 Å². The van der Waals surface area contributed by atoms with Crippen LogP contribution in [0.3, 0.4) is 0 Å². The number of esters is 4. The summed E-state index contributed by atoms with van der Waals surface area (Å²) in [6.07, 6.45) is 46.1. The van der Waals surface area contributed by atoms with Gasteiger partial charge in [0.15, 0.2) is 12.2 Å². The van der Waals surface area contributed by atoms with Crippen molar-refractivity contribution in [3.8, 4) is 0 Å². The second kappa shape index (κ2) is 60.6. The Hall–Kier alpha value is -1.94. The van der Waals surface area contributed by atoms with Gasteiger partial charge in [-0.25, -0.2) is 9.13 Å². The molecular formula is C67H130O17P2. The molecule has 0 aliphatic heterocycles. The molecule has 0 aliphatic rings. The van der Waals surface area contributed by atoms with E-state index in [-0.39, 0.29) is 25.7 Å². The van der Waals surface area contributed by atoms with Crippen molar-refractivity contribution >= 4 is 39.5 Å². The van der Waals surface area contributed by atoms with Gasteiger partial charge in [0, 0.05) is 25.7 Å². The molecule has 0 spiro atoms. The van der Waals surface area contributed by atoms with Crippen LogP contribution in [0.4, 0.5) is 0 Å². The van der Waals surface area contributed by atoms with E-state index in [1.165, 1.54) is 141 Å². The number of phosphoric acid groups is 2. The third-order valence-electron chi connectivity index (χ3n) is 15.5. The Morgan fingerprint density at radius 1 is 0.314 bits per heavy atom. The van der Waals surface area contributed by atoms with Crippen LogP contribution in [-0.2, 0) is 65.4 Å². The summed E-state index contributed by atoms with van der Waals surface area (Å²) >= 11 is 0. The number of aliphatic hydroxyl groups is 1. The lowest BCUT2D eigenvalue weighted by atomic mass is 10.0. The summed E-state index contributed by atoms with van der Waals surface area (Å²) in [5.74, 6) is -1.33. The van der Waals surface area contributed by atoms with Gasteiger partial charge in [0.2, 0.25) is 0 Å². The number of ether oxygens (including phenoxy) is 4. The number of carbonyl (C=O) groups is 4. The van der Waals surface area contributed by atoms with E-state index in [9.17, 15) is 43.2 Å². The number of hydrogen-bond donors (Lipinski definition) is 3. The van der Waals surface area contributed by atoms with Gasteiger partial charge in [-0.1, -0.05) is 291 Å². The molecule has 0 fully saturated rings. The first-order chi connectivity index (χ1) is 41.5. The molecule has 0 saturated heterocycles. The van der Waals surface area contributed by atoms with Crippen LogP contribution in [0.15, 0.2) is 0 Å². The van der Waals surface area contributed by atoms with Crippen molar-refractivity contribution in [1.82, 2.24) is 0 Å². The molecule has 0 aromatic heterocycles. The summed E-state index contributed by atoms with van der Waals surface area (Å²) < 4.78 is 67.9. The lowest BCUT2D eigenvalue weighted by molar-refractivity contribution is -0.161. The van der Waals surface area contributed by atoms with Gasteiger partial charge < -0.3 is 33.8 Å². The fourth-order valence-electron chi connectivity index (χ4n) is 10.1. The highest BCUT2D eigenvalue weighted by Gasteiger charge is 2.30. The van der Waals surface area contributed by atoms with E-state index in [1.807, 2.05) is 0 Å². The Bertz CT molecular complexity index is 1670. The number of hydrogen-bond acceptors (Lipinski definition) is 15. The Kier molecular flexibility index (Phi) is 59.2. The van der Waals surface area contributed by atoms with Gasteiger partial charge >= 0.3 is 39.5 Å². The third-order valence-corrected chi connectivity index (χ3v) is 17.4. The topological polar surface area (TPSA) is 237 Å². The van der Waals surface area contributed by atoms with E-state index >= 15 is 0 Å². The molecule has 5 atom stereocenters.